The van der Waals surface area contributed by atoms with E-state index in [1.165, 1.54) is 0 Å². The molecule has 0 radical (unpaired) electrons. The third-order valence-electron chi connectivity index (χ3n) is 3.67. The Balaban J connectivity index is 1.90. The number of hydrogen-bond donors (Lipinski definition) is 0. The second-order valence-electron chi connectivity index (χ2n) is 5.52. The van der Waals surface area contributed by atoms with Crippen molar-refractivity contribution in [3.63, 3.8) is 0 Å². The van der Waals surface area contributed by atoms with Crippen LogP contribution in [0.25, 0.3) is 10.8 Å². The van der Waals surface area contributed by atoms with Crippen LogP contribution in [0.3, 0.4) is 0 Å². The van der Waals surface area contributed by atoms with Gasteiger partial charge in [0.05, 0.1) is 7.11 Å². The van der Waals surface area contributed by atoms with Crippen molar-refractivity contribution in [2.24, 2.45) is 0 Å². The van der Waals surface area contributed by atoms with Crippen LogP contribution in [0.15, 0.2) is 54.6 Å². The Labute approximate surface area is 146 Å². The van der Waals surface area contributed by atoms with Gasteiger partial charge >= 0.3 is 0 Å². The van der Waals surface area contributed by atoms with Crippen molar-refractivity contribution in [3.05, 3.63) is 76.3 Å². The molecule has 118 valence electrons. The first kappa shape index (κ1) is 16.1. The van der Waals surface area contributed by atoms with Crippen molar-refractivity contribution < 1.29 is 9.53 Å². The molecule has 0 saturated carbocycles. The van der Waals surface area contributed by atoms with Gasteiger partial charge in [-0.1, -0.05) is 29.7 Å². The van der Waals surface area contributed by atoms with E-state index in [4.69, 9.17) is 16.3 Å². The molecule has 0 saturated heterocycles. The SMILES string of the molecule is COc1ccc2cc(C(=O)C#Cc3cc(C)cc(Cl)c3)ccc2c1. The number of rotatable bonds is 2. The van der Waals surface area contributed by atoms with Crippen LogP contribution in [0.1, 0.15) is 21.5 Å². The Morgan fingerprint density at radius 2 is 1.75 bits per heavy atom. The molecule has 3 aromatic carbocycles. The Hall–Kier alpha value is -2.76. The van der Waals surface area contributed by atoms with Gasteiger partial charge in [-0.05, 0) is 71.6 Å². The van der Waals surface area contributed by atoms with Crippen LogP contribution in [-0.2, 0) is 0 Å². The Morgan fingerprint density at radius 1 is 1.00 bits per heavy atom. The highest BCUT2D eigenvalue weighted by molar-refractivity contribution is 6.30. The van der Waals surface area contributed by atoms with E-state index in [1.807, 2.05) is 49.4 Å². The number of Topliss-reactive ketones (excluding diaryl/α,β-unsaturated/α-hetero) is 1. The van der Waals surface area contributed by atoms with Crippen LogP contribution in [0, 0.1) is 18.8 Å². The molecule has 0 amide bonds. The minimum Gasteiger partial charge on any atom is -0.497 e. The molecule has 2 nitrogen and oxygen atoms in total. The van der Waals surface area contributed by atoms with Gasteiger partial charge in [-0.3, -0.25) is 4.79 Å². The Kier molecular flexibility index (Phi) is 4.55. The average Bonchev–Trinajstić information content (AvgIpc) is 2.58. The number of aryl methyl sites for hydroxylation is 1. The number of ketones is 1. The smallest absolute Gasteiger partial charge is 0.236 e. The molecular weight excluding hydrogens is 320 g/mol. The molecule has 0 bridgehead atoms. The fraction of sp³-hybridized carbons (Fsp3) is 0.0952. The summed E-state index contributed by atoms with van der Waals surface area (Å²) in [4.78, 5) is 12.3. The first-order valence-corrected chi connectivity index (χ1v) is 7.84. The molecule has 0 fully saturated rings. The number of hydrogen-bond acceptors (Lipinski definition) is 2. The first-order chi connectivity index (χ1) is 11.5. The van der Waals surface area contributed by atoms with Crippen LogP contribution >= 0.6 is 11.6 Å². The second kappa shape index (κ2) is 6.78. The van der Waals surface area contributed by atoms with E-state index in [1.54, 1.807) is 19.2 Å². The fourth-order valence-corrected chi connectivity index (χ4v) is 2.79. The lowest BCUT2D eigenvalue weighted by Crippen LogP contribution is -1.95. The quantitative estimate of drug-likeness (QED) is 0.484. The summed E-state index contributed by atoms with van der Waals surface area (Å²) in [6.07, 6.45) is 0. The van der Waals surface area contributed by atoms with Crippen LogP contribution in [0.5, 0.6) is 5.75 Å². The molecule has 24 heavy (non-hydrogen) atoms. The van der Waals surface area contributed by atoms with Gasteiger partial charge < -0.3 is 4.74 Å². The zero-order chi connectivity index (χ0) is 17.1. The summed E-state index contributed by atoms with van der Waals surface area (Å²) in [5.41, 5.74) is 2.32. The number of methoxy groups -OCH3 is 1. The van der Waals surface area contributed by atoms with Crippen molar-refractivity contribution in [2.45, 2.75) is 6.92 Å². The van der Waals surface area contributed by atoms with E-state index in [2.05, 4.69) is 11.8 Å². The maximum Gasteiger partial charge on any atom is 0.236 e. The minimum atomic E-state index is -0.217. The molecule has 0 aliphatic carbocycles. The number of carbonyl (C=O) groups is 1. The van der Waals surface area contributed by atoms with Crippen LogP contribution in [-0.4, -0.2) is 12.9 Å². The van der Waals surface area contributed by atoms with Crippen molar-refractivity contribution in [1.82, 2.24) is 0 Å². The lowest BCUT2D eigenvalue weighted by Gasteiger charge is -2.03. The zero-order valence-corrected chi connectivity index (χ0v) is 14.1. The standard InChI is InChI=1S/C21H15ClO2/c1-14-9-15(11-19(22)10-14)3-8-21(23)18-5-4-17-13-20(24-2)7-6-16(17)12-18/h4-7,9-13H,1-2H3. The van der Waals surface area contributed by atoms with Gasteiger partial charge in [-0.2, -0.15) is 0 Å². The molecule has 0 spiro atoms. The van der Waals surface area contributed by atoms with E-state index >= 15 is 0 Å². The summed E-state index contributed by atoms with van der Waals surface area (Å²) >= 11 is 6.01. The maximum absolute atomic E-state index is 12.3. The molecule has 0 aliphatic heterocycles. The molecular formula is C21H15ClO2. The third-order valence-corrected chi connectivity index (χ3v) is 3.89. The number of halogens is 1. The molecule has 0 aromatic heterocycles. The minimum absolute atomic E-state index is 0.217. The highest BCUT2D eigenvalue weighted by atomic mass is 35.5. The Morgan fingerprint density at radius 3 is 2.50 bits per heavy atom. The fourth-order valence-electron chi connectivity index (χ4n) is 2.50. The summed E-state index contributed by atoms with van der Waals surface area (Å²) in [5, 5.41) is 2.61. The zero-order valence-electron chi connectivity index (χ0n) is 13.4. The molecule has 0 aliphatic rings. The van der Waals surface area contributed by atoms with E-state index in [9.17, 15) is 4.79 Å². The summed E-state index contributed by atoms with van der Waals surface area (Å²) in [5.74, 6) is 6.14. The lowest BCUT2D eigenvalue weighted by molar-refractivity contribution is 0.105. The number of fused-ring (bicyclic) bond motifs is 1. The van der Waals surface area contributed by atoms with Crippen molar-refractivity contribution >= 4 is 28.2 Å². The number of ether oxygens (including phenoxy) is 1. The topological polar surface area (TPSA) is 26.3 Å². The van der Waals surface area contributed by atoms with Gasteiger partial charge in [0.2, 0.25) is 5.78 Å². The molecule has 3 aromatic rings. The molecule has 3 heteroatoms. The average molecular weight is 335 g/mol. The molecule has 3 rings (SSSR count). The van der Waals surface area contributed by atoms with Gasteiger partial charge in [-0.15, -0.1) is 0 Å². The predicted molar refractivity (Wildman–Crippen MR) is 97.9 cm³/mol. The normalized spacial score (nSPS) is 10.1. The van der Waals surface area contributed by atoms with Crippen molar-refractivity contribution in [2.75, 3.05) is 7.11 Å². The lowest BCUT2D eigenvalue weighted by atomic mass is 10.0. The van der Waals surface area contributed by atoms with Crippen LogP contribution < -0.4 is 4.74 Å². The van der Waals surface area contributed by atoms with E-state index < -0.39 is 0 Å². The van der Waals surface area contributed by atoms with Gasteiger partial charge in [0, 0.05) is 16.1 Å². The second-order valence-corrected chi connectivity index (χ2v) is 5.96. The Bertz CT molecular complexity index is 973. The number of benzene rings is 3. The molecule has 0 N–H and O–H groups in total. The van der Waals surface area contributed by atoms with Gasteiger partial charge in [0.15, 0.2) is 0 Å². The monoisotopic (exact) mass is 334 g/mol. The number of carbonyl (C=O) groups excluding carboxylic acids is 1. The van der Waals surface area contributed by atoms with Gasteiger partial charge in [0.25, 0.3) is 0 Å². The van der Waals surface area contributed by atoms with Crippen molar-refractivity contribution in [1.29, 1.82) is 0 Å². The first-order valence-electron chi connectivity index (χ1n) is 7.46. The maximum atomic E-state index is 12.3. The van der Waals surface area contributed by atoms with Gasteiger partial charge in [0.1, 0.15) is 5.75 Å². The van der Waals surface area contributed by atoms with Crippen LogP contribution in [0.2, 0.25) is 5.02 Å². The van der Waals surface area contributed by atoms with E-state index in [0.29, 0.717) is 10.6 Å². The summed E-state index contributed by atoms with van der Waals surface area (Å²) in [7, 11) is 1.63. The third kappa shape index (κ3) is 3.59. The molecule has 0 unspecified atom stereocenters. The van der Waals surface area contributed by atoms with Crippen molar-refractivity contribution in [3.8, 4) is 17.6 Å². The predicted octanol–water partition coefficient (Wildman–Crippen LogP) is 5.04. The van der Waals surface area contributed by atoms with Crippen LogP contribution in [0.4, 0.5) is 0 Å². The summed E-state index contributed by atoms with van der Waals surface area (Å²) in [6, 6.07) is 16.8. The highest BCUT2D eigenvalue weighted by Crippen LogP contribution is 2.22. The highest BCUT2D eigenvalue weighted by Gasteiger charge is 2.04. The summed E-state index contributed by atoms with van der Waals surface area (Å²) in [6.45, 7) is 1.94. The largest absolute Gasteiger partial charge is 0.497 e. The molecule has 0 heterocycles. The van der Waals surface area contributed by atoms with E-state index in [0.717, 1.165) is 27.6 Å². The van der Waals surface area contributed by atoms with Gasteiger partial charge in [-0.25, -0.2) is 0 Å². The van der Waals surface area contributed by atoms with E-state index in [-0.39, 0.29) is 5.78 Å². The molecule has 0 atom stereocenters. The summed E-state index contributed by atoms with van der Waals surface area (Å²) < 4.78 is 5.21.